The monoisotopic (exact) mass is 479 g/mol. The van der Waals surface area contributed by atoms with Crippen molar-refractivity contribution in [1.29, 1.82) is 0 Å². The van der Waals surface area contributed by atoms with Crippen molar-refractivity contribution in [2.45, 2.75) is 11.8 Å². The van der Waals surface area contributed by atoms with Crippen LogP contribution in [0.15, 0.2) is 47.4 Å². The molecule has 10 heteroatoms. The molecule has 0 bridgehead atoms. The maximum atomic E-state index is 12.6. The number of rotatable bonds is 6. The van der Waals surface area contributed by atoms with Crippen molar-refractivity contribution in [3.63, 3.8) is 0 Å². The normalized spacial score (nSPS) is 14.8. The van der Waals surface area contributed by atoms with E-state index in [9.17, 15) is 13.2 Å². The molecular formula is C21H22ClN3O4S2. The number of anilines is 1. The number of piperazine rings is 1. The number of ether oxygens (including phenoxy) is 1. The molecular weight excluding hydrogens is 458 g/mol. The molecule has 1 aliphatic heterocycles. The third kappa shape index (κ3) is 4.94. The van der Waals surface area contributed by atoms with E-state index in [1.54, 1.807) is 16.2 Å². The number of fused-ring (bicyclic) bond motifs is 1. The summed E-state index contributed by atoms with van der Waals surface area (Å²) >= 11 is 7.40. The van der Waals surface area contributed by atoms with Gasteiger partial charge in [0.15, 0.2) is 15.0 Å². The van der Waals surface area contributed by atoms with Gasteiger partial charge in [-0.2, -0.15) is 0 Å². The summed E-state index contributed by atoms with van der Waals surface area (Å²) in [7, 11) is -3.70. The molecule has 1 fully saturated rings. The molecule has 2 heterocycles. The van der Waals surface area contributed by atoms with E-state index in [1.807, 2.05) is 25.1 Å². The number of nitrogens with zero attached hydrogens (tertiary/aromatic N) is 3. The van der Waals surface area contributed by atoms with Crippen LogP contribution >= 0.6 is 22.9 Å². The van der Waals surface area contributed by atoms with Crippen LogP contribution in [0.4, 0.5) is 5.13 Å². The molecule has 4 rings (SSSR count). The molecule has 0 spiro atoms. The van der Waals surface area contributed by atoms with Crippen molar-refractivity contribution in [1.82, 2.24) is 9.88 Å². The highest BCUT2D eigenvalue weighted by molar-refractivity contribution is 7.92. The molecule has 0 unspecified atom stereocenters. The molecule has 0 aliphatic carbocycles. The minimum absolute atomic E-state index is 0.102. The predicted molar refractivity (Wildman–Crippen MR) is 123 cm³/mol. The molecule has 1 saturated heterocycles. The van der Waals surface area contributed by atoms with Crippen molar-refractivity contribution in [2.75, 3.05) is 43.4 Å². The first kappa shape index (κ1) is 21.9. The maximum Gasteiger partial charge on any atom is 0.238 e. The molecule has 0 N–H and O–H groups in total. The molecule has 1 aromatic heterocycles. The summed E-state index contributed by atoms with van der Waals surface area (Å²) in [5.41, 5.74) is 0.913. The Hall–Kier alpha value is -2.36. The van der Waals surface area contributed by atoms with Crippen LogP contribution in [-0.4, -0.2) is 62.7 Å². The summed E-state index contributed by atoms with van der Waals surface area (Å²) in [4.78, 5) is 21.1. The molecule has 2 aromatic carbocycles. The summed E-state index contributed by atoms with van der Waals surface area (Å²) in [5, 5.41) is 1.34. The van der Waals surface area contributed by atoms with Crippen LogP contribution in [0.2, 0.25) is 5.02 Å². The van der Waals surface area contributed by atoms with Crippen LogP contribution in [0, 0.1) is 0 Å². The lowest BCUT2D eigenvalue weighted by molar-refractivity contribution is -0.128. The van der Waals surface area contributed by atoms with E-state index < -0.39 is 15.6 Å². The molecule has 1 aliphatic rings. The van der Waals surface area contributed by atoms with Crippen LogP contribution < -0.4 is 9.64 Å². The zero-order valence-electron chi connectivity index (χ0n) is 17.0. The lowest BCUT2D eigenvalue weighted by Crippen LogP contribution is -2.50. The number of hydrogen-bond acceptors (Lipinski definition) is 7. The predicted octanol–water partition coefficient (Wildman–Crippen LogP) is 3.47. The molecule has 31 heavy (non-hydrogen) atoms. The Morgan fingerprint density at radius 3 is 2.52 bits per heavy atom. The van der Waals surface area contributed by atoms with Gasteiger partial charge in [-0.25, -0.2) is 13.4 Å². The van der Waals surface area contributed by atoms with Crippen LogP contribution in [-0.2, 0) is 14.6 Å². The standard InChI is InChI=1S/C21H22ClN3O4S2/c1-2-29-16-5-8-18-19(13-16)30-21(23-18)25-11-9-24(10-12-25)20(26)14-31(27,28)17-6-3-15(22)4-7-17/h3-8,13H,2,9-12,14H2,1H3. The second-order valence-corrected chi connectivity index (χ2v) is 10.6. The van der Waals surface area contributed by atoms with Crippen molar-refractivity contribution in [3.05, 3.63) is 47.5 Å². The van der Waals surface area contributed by atoms with Crippen molar-refractivity contribution < 1.29 is 17.9 Å². The third-order valence-electron chi connectivity index (χ3n) is 5.05. The van der Waals surface area contributed by atoms with Crippen LogP contribution in [0.1, 0.15) is 6.92 Å². The summed E-state index contributed by atoms with van der Waals surface area (Å²) in [6.07, 6.45) is 0. The summed E-state index contributed by atoms with van der Waals surface area (Å²) < 4.78 is 31.7. The molecule has 1 amide bonds. The number of sulfone groups is 1. The maximum absolute atomic E-state index is 12.6. The van der Waals surface area contributed by atoms with Gasteiger partial charge < -0.3 is 14.5 Å². The Morgan fingerprint density at radius 1 is 1.13 bits per heavy atom. The number of benzene rings is 2. The summed E-state index contributed by atoms with van der Waals surface area (Å²) in [6, 6.07) is 11.7. The smallest absolute Gasteiger partial charge is 0.238 e. The van der Waals surface area contributed by atoms with E-state index >= 15 is 0 Å². The Labute approximate surface area is 190 Å². The van der Waals surface area contributed by atoms with E-state index in [1.165, 1.54) is 24.3 Å². The zero-order chi connectivity index (χ0) is 22.0. The van der Waals surface area contributed by atoms with Crippen molar-refractivity contribution in [2.24, 2.45) is 0 Å². The minimum Gasteiger partial charge on any atom is -0.494 e. The number of hydrogen-bond donors (Lipinski definition) is 0. The van der Waals surface area contributed by atoms with E-state index in [-0.39, 0.29) is 10.8 Å². The average Bonchev–Trinajstić information content (AvgIpc) is 3.17. The van der Waals surface area contributed by atoms with E-state index in [2.05, 4.69) is 4.90 Å². The largest absolute Gasteiger partial charge is 0.494 e. The van der Waals surface area contributed by atoms with Crippen molar-refractivity contribution in [3.8, 4) is 5.75 Å². The third-order valence-corrected chi connectivity index (χ3v) is 8.00. The van der Waals surface area contributed by atoms with Crippen molar-refractivity contribution >= 4 is 54.0 Å². The zero-order valence-corrected chi connectivity index (χ0v) is 19.3. The highest BCUT2D eigenvalue weighted by Gasteiger charge is 2.27. The van der Waals surface area contributed by atoms with Crippen LogP contribution in [0.5, 0.6) is 5.75 Å². The highest BCUT2D eigenvalue weighted by atomic mass is 35.5. The fourth-order valence-electron chi connectivity index (χ4n) is 3.41. The van der Waals surface area contributed by atoms with E-state index in [4.69, 9.17) is 21.3 Å². The Morgan fingerprint density at radius 2 is 1.84 bits per heavy atom. The highest BCUT2D eigenvalue weighted by Crippen LogP contribution is 2.32. The van der Waals surface area contributed by atoms with E-state index in [0.717, 1.165) is 21.1 Å². The lowest BCUT2D eigenvalue weighted by atomic mass is 10.3. The topological polar surface area (TPSA) is 79.8 Å². The van der Waals surface area contributed by atoms with Gasteiger partial charge in [0.05, 0.1) is 21.7 Å². The number of amides is 1. The number of aromatic nitrogens is 1. The van der Waals surface area contributed by atoms with Gasteiger partial charge in [-0.1, -0.05) is 22.9 Å². The molecule has 0 saturated carbocycles. The second kappa shape index (κ2) is 9.02. The fourth-order valence-corrected chi connectivity index (χ4v) is 5.81. The first-order valence-corrected chi connectivity index (χ1v) is 12.7. The minimum atomic E-state index is -3.70. The first-order chi connectivity index (χ1) is 14.9. The molecule has 7 nitrogen and oxygen atoms in total. The summed E-state index contributed by atoms with van der Waals surface area (Å²) in [5.74, 6) is -0.113. The van der Waals surface area contributed by atoms with Gasteiger partial charge in [-0.3, -0.25) is 4.79 Å². The average molecular weight is 480 g/mol. The number of thiazole rings is 1. The first-order valence-electron chi connectivity index (χ1n) is 9.90. The molecule has 0 atom stereocenters. The van der Waals surface area contributed by atoms with Crippen LogP contribution in [0.25, 0.3) is 10.2 Å². The van der Waals surface area contributed by atoms with Crippen LogP contribution in [0.3, 0.4) is 0 Å². The number of carbonyl (C=O) groups excluding carboxylic acids is 1. The second-order valence-electron chi connectivity index (χ2n) is 7.14. The molecule has 0 radical (unpaired) electrons. The molecule has 164 valence electrons. The Bertz CT molecular complexity index is 1190. The lowest BCUT2D eigenvalue weighted by Gasteiger charge is -2.34. The Balaban J connectivity index is 1.38. The Kier molecular flexibility index (Phi) is 6.36. The van der Waals surface area contributed by atoms with Gasteiger partial charge in [0, 0.05) is 31.2 Å². The SMILES string of the molecule is CCOc1ccc2nc(N3CCN(C(=O)CS(=O)(=O)c4ccc(Cl)cc4)CC3)sc2c1. The number of halogens is 1. The van der Waals surface area contributed by atoms with Gasteiger partial charge in [0.1, 0.15) is 11.5 Å². The van der Waals surface area contributed by atoms with Gasteiger partial charge in [-0.05, 0) is 49.4 Å². The number of carbonyl (C=O) groups is 1. The van der Waals surface area contributed by atoms with Gasteiger partial charge in [0.2, 0.25) is 5.91 Å². The quantitative estimate of drug-likeness (QED) is 0.538. The van der Waals surface area contributed by atoms with E-state index in [0.29, 0.717) is 37.8 Å². The fraction of sp³-hybridized carbons (Fsp3) is 0.333. The van der Waals surface area contributed by atoms with Gasteiger partial charge >= 0.3 is 0 Å². The van der Waals surface area contributed by atoms with Gasteiger partial charge in [-0.15, -0.1) is 0 Å². The molecule has 3 aromatic rings. The summed E-state index contributed by atoms with van der Waals surface area (Å²) in [6.45, 7) is 4.67. The van der Waals surface area contributed by atoms with Gasteiger partial charge in [0.25, 0.3) is 0 Å².